The van der Waals surface area contributed by atoms with E-state index in [4.69, 9.17) is 0 Å². The van der Waals surface area contributed by atoms with E-state index in [1.54, 1.807) is 0 Å². The van der Waals surface area contributed by atoms with Crippen LogP contribution in [-0.2, 0) is 0 Å². The van der Waals surface area contributed by atoms with Crippen molar-refractivity contribution < 1.29 is 0 Å². The van der Waals surface area contributed by atoms with E-state index in [0.717, 1.165) is 29.6 Å². The molecule has 0 aliphatic heterocycles. The maximum atomic E-state index is 3.75. The smallest absolute Gasteiger partial charge is 0.00966 e. The lowest BCUT2D eigenvalue weighted by molar-refractivity contribution is 0.268. The number of allylic oxidation sites excluding steroid dienone is 4. The molecular formula is C17H27N. The van der Waals surface area contributed by atoms with Gasteiger partial charge in [0.25, 0.3) is 0 Å². The lowest BCUT2D eigenvalue weighted by atomic mass is 9.83. The van der Waals surface area contributed by atoms with Gasteiger partial charge in [-0.1, -0.05) is 24.3 Å². The van der Waals surface area contributed by atoms with Crippen LogP contribution >= 0.6 is 0 Å². The quantitative estimate of drug-likeness (QED) is 0.798. The van der Waals surface area contributed by atoms with Gasteiger partial charge in [0.2, 0.25) is 0 Å². The molecule has 0 amide bonds. The van der Waals surface area contributed by atoms with Crippen LogP contribution in [-0.4, -0.2) is 12.1 Å². The fourth-order valence-electron chi connectivity index (χ4n) is 3.92. The molecule has 0 aromatic heterocycles. The van der Waals surface area contributed by atoms with Gasteiger partial charge in [-0.25, -0.2) is 0 Å². The van der Waals surface area contributed by atoms with Gasteiger partial charge in [0.15, 0.2) is 0 Å². The first-order chi connectivity index (χ1) is 8.54. The third kappa shape index (κ3) is 2.56. The lowest BCUT2D eigenvalue weighted by Crippen LogP contribution is -2.41. The van der Waals surface area contributed by atoms with Crippen molar-refractivity contribution in [3.8, 4) is 0 Å². The van der Waals surface area contributed by atoms with E-state index in [9.17, 15) is 0 Å². The zero-order valence-corrected chi connectivity index (χ0v) is 12.0. The highest BCUT2D eigenvalue weighted by Crippen LogP contribution is 2.53. The van der Waals surface area contributed by atoms with Crippen LogP contribution in [0.25, 0.3) is 0 Å². The van der Waals surface area contributed by atoms with Gasteiger partial charge in [0.1, 0.15) is 0 Å². The Morgan fingerprint density at radius 3 is 2.50 bits per heavy atom. The number of rotatable bonds is 3. The monoisotopic (exact) mass is 245 g/mol. The summed E-state index contributed by atoms with van der Waals surface area (Å²) in [6, 6.07) is 0. The summed E-state index contributed by atoms with van der Waals surface area (Å²) < 4.78 is 0. The number of nitrogens with one attached hydrogen (secondary N) is 1. The van der Waals surface area contributed by atoms with Crippen molar-refractivity contribution in [3.63, 3.8) is 0 Å². The minimum absolute atomic E-state index is 0.250. The van der Waals surface area contributed by atoms with Crippen LogP contribution in [0, 0.1) is 29.6 Å². The van der Waals surface area contributed by atoms with E-state index < -0.39 is 0 Å². The summed E-state index contributed by atoms with van der Waals surface area (Å²) >= 11 is 0. The highest BCUT2D eigenvalue weighted by Gasteiger charge is 2.47. The van der Waals surface area contributed by atoms with Gasteiger partial charge in [-0.15, -0.1) is 0 Å². The Morgan fingerprint density at radius 2 is 1.83 bits per heavy atom. The molecule has 1 nitrogen and oxygen atoms in total. The largest absolute Gasteiger partial charge is 0.312 e. The summed E-state index contributed by atoms with van der Waals surface area (Å²) in [5.41, 5.74) is 0.250. The topological polar surface area (TPSA) is 12.0 Å². The zero-order valence-electron chi connectivity index (χ0n) is 12.0. The number of fused-ring (bicyclic) bond motifs is 1. The molecule has 0 saturated heterocycles. The molecule has 0 bridgehead atoms. The molecule has 2 fully saturated rings. The molecule has 3 aliphatic carbocycles. The molecule has 3 rings (SSSR count). The number of hydrogen-bond donors (Lipinski definition) is 1. The molecule has 0 aromatic rings. The maximum Gasteiger partial charge on any atom is 0.00966 e. The summed E-state index contributed by atoms with van der Waals surface area (Å²) in [5.74, 6) is 4.51. The molecule has 0 aromatic carbocycles. The molecule has 0 spiro atoms. The van der Waals surface area contributed by atoms with E-state index >= 15 is 0 Å². The Morgan fingerprint density at radius 1 is 1.11 bits per heavy atom. The lowest BCUT2D eigenvalue weighted by Gasteiger charge is -2.30. The zero-order chi connectivity index (χ0) is 12.8. The van der Waals surface area contributed by atoms with Crippen LogP contribution in [0.15, 0.2) is 24.3 Å². The maximum absolute atomic E-state index is 3.75. The highest BCUT2D eigenvalue weighted by molar-refractivity contribution is 5.19. The predicted molar refractivity (Wildman–Crippen MR) is 77.3 cm³/mol. The van der Waals surface area contributed by atoms with Gasteiger partial charge in [-0.05, 0) is 76.2 Å². The molecule has 4 unspecified atom stereocenters. The van der Waals surface area contributed by atoms with Crippen LogP contribution in [0.4, 0.5) is 0 Å². The first-order valence-electron chi connectivity index (χ1n) is 7.64. The van der Waals surface area contributed by atoms with Crippen molar-refractivity contribution in [3.05, 3.63) is 24.3 Å². The second-order valence-electron chi connectivity index (χ2n) is 7.54. The van der Waals surface area contributed by atoms with Crippen molar-refractivity contribution in [2.24, 2.45) is 29.6 Å². The van der Waals surface area contributed by atoms with Gasteiger partial charge in [-0.2, -0.15) is 0 Å². The molecule has 2 saturated carbocycles. The van der Waals surface area contributed by atoms with Crippen molar-refractivity contribution in [1.82, 2.24) is 5.32 Å². The fraction of sp³-hybridized carbons (Fsp3) is 0.765. The van der Waals surface area contributed by atoms with E-state index in [2.05, 4.69) is 50.4 Å². The van der Waals surface area contributed by atoms with Gasteiger partial charge in [-0.3, -0.25) is 0 Å². The van der Waals surface area contributed by atoms with E-state index in [1.807, 2.05) is 0 Å². The fourth-order valence-corrected chi connectivity index (χ4v) is 3.92. The average molecular weight is 245 g/mol. The van der Waals surface area contributed by atoms with E-state index in [0.29, 0.717) is 0 Å². The predicted octanol–water partition coefficient (Wildman–Crippen LogP) is 3.78. The summed E-state index contributed by atoms with van der Waals surface area (Å²) in [7, 11) is 0. The van der Waals surface area contributed by atoms with Crippen LogP contribution < -0.4 is 5.32 Å². The van der Waals surface area contributed by atoms with Crippen LogP contribution in [0.5, 0.6) is 0 Å². The Kier molecular flexibility index (Phi) is 3.13. The molecule has 0 radical (unpaired) electrons. The van der Waals surface area contributed by atoms with Gasteiger partial charge in [0.05, 0.1) is 0 Å². The second-order valence-corrected chi connectivity index (χ2v) is 7.54. The average Bonchev–Trinajstić information content (AvgIpc) is 3.07. The summed E-state index contributed by atoms with van der Waals surface area (Å²) in [5, 5.41) is 3.75. The normalized spacial score (nSPS) is 39.1. The third-order valence-corrected chi connectivity index (χ3v) is 4.98. The molecule has 18 heavy (non-hydrogen) atoms. The molecule has 1 N–H and O–H groups in total. The molecule has 3 aliphatic rings. The molecule has 4 atom stereocenters. The first-order valence-corrected chi connectivity index (χ1v) is 7.64. The van der Waals surface area contributed by atoms with Crippen molar-refractivity contribution in [2.45, 2.75) is 45.6 Å². The molecule has 1 heteroatoms. The van der Waals surface area contributed by atoms with Crippen LogP contribution in [0.1, 0.15) is 40.0 Å². The Hall–Kier alpha value is -0.560. The Balaban J connectivity index is 1.71. The third-order valence-electron chi connectivity index (χ3n) is 4.98. The summed E-state index contributed by atoms with van der Waals surface area (Å²) in [6.45, 7) is 8.04. The van der Waals surface area contributed by atoms with E-state index in [-0.39, 0.29) is 5.54 Å². The van der Waals surface area contributed by atoms with Crippen LogP contribution in [0.3, 0.4) is 0 Å². The minimum atomic E-state index is 0.250. The van der Waals surface area contributed by atoms with Crippen molar-refractivity contribution >= 4 is 0 Å². The van der Waals surface area contributed by atoms with Crippen molar-refractivity contribution in [2.75, 3.05) is 6.54 Å². The summed E-state index contributed by atoms with van der Waals surface area (Å²) in [6.07, 6.45) is 13.9. The highest BCUT2D eigenvalue weighted by atomic mass is 14.9. The van der Waals surface area contributed by atoms with Gasteiger partial charge < -0.3 is 5.32 Å². The van der Waals surface area contributed by atoms with E-state index in [1.165, 1.54) is 25.8 Å². The first kappa shape index (κ1) is 12.5. The Labute approximate surface area is 112 Å². The molecule has 100 valence electrons. The van der Waals surface area contributed by atoms with Crippen LogP contribution in [0.2, 0.25) is 0 Å². The van der Waals surface area contributed by atoms with Gasteiger partial charge >= 0.3 is 0 Å². The van der Waals surface area contributed by atoms with Gasteiger partial charge in [0, 0.05) is 5.54 Å². The molecular weight excluding hydrogens is 218 g/mol. The molecule has 0 heterocycles. The summed E-state index contributed by atoms with van der Waals surface area (Å²) in [4.78, 5) is 0. The number of hydrogen-bond acceptors (Lipinski definition) is 1. The van der Waals surface area contributed by atoms with Crippen molar-refractivity contribution in [1.29, 1.82) is 0 Å². The standard InChI is InChI=1S/C17H27N/c1-17(2,3)18-11-16-14-7-5-4-6-13(14)10-15(16)12-8-9-12/h4-7,12-16,18H,8-11H2,1-3H3. The SMILES string of the molecule is CC(C)(C)NCC1C2C=CC=CC2CC1C1CC1. The minimum Gasteiger partial charge on any atom is -0.312 e. The second kappa shape index (κ2) is 4.52. The Bertz CT molecular complexity index is 356.